The molecular weight excluding hydrogens is 180 g/mol. The molecule has 4 nitrogen and oxygen atoms in total. The van der Waals surface area contributed by atoms with E-state index >= 15 is 0 Å². The number of nitrogens with one attached hydrogen (secondary N) is 1. The highest BCUT2D eigenvalue weighted by atomic mass is 16.3. The number of aliphatic hydroxyl groups excluding tert-OH is 2. The summed E-state index contributed by atoms with van der Waals surface area (Å²) in [6.07, 6.45) is 0. The first-order valence-electron chi connectivity index (χ1n) is 4.57. The first-order valence-corrected chi connectivity index (χ1v) is 4.57. The van der Waals surface area contributed by atoms with Crippen molar-refractivity contribution in [3.05, 3.63) is 29.8 Å². The summed E-state index contributed by atoms with van der Waals surface area (Å²) in [5, 5.41) is 20.7. The van der Waals surface area contributed by atoms with E-state index in [0.717, 1.165) is 11.3 Å². The molecule has 0 unspecified atom stereocenters. The zero-order valence-corrected chi connectivity index (χ0v) is 7.98. The summed E-state index contributed by atoms with van der Waals surface area (Å²) in [5.74, 6) is 0. The number of anilines is 1. The van der Waals surface area contributed by atoms with Crippen molar-refractivity contribution in [2.24, 2.45) is 5.73 Å². The van der Waals surface area contributed by atoms with Crippen LogP contribution in [0.5, 0.6) is 0 Å². The molecule has 0 bridgehead atoms. The van der Waals surface area contributed by atoms with Gasteiger partial charge >= 0.3 is 0 Å². The van der Waals surface area contributed by atoms with Crippen LogP contribution in [0, 0.1) is 0 Å². The number of aliphatic hydroxyl groups is 2. The lowest BCUT2D eigenvalue weighted by Crippen LogP contribution is -2.27. The molecule has 4 heteroatoms. The van der Waals surface area contributed by atoms with Crippen LogP contribution in [0.1, 0.15) is 5.56 Å². The fourth-order valence-corrected chi connectivity index (χ4v) is 1.12. The van der Waals surface area contributed by atoms with Crippen LogP contribution in [-0.4, -0.2) is 29.5 Å². The zero-order valence-electron chi connectivity index (χ0n) is 7.98. The van der Waals surface area contributed by atoms with Gasteiger partial charge < -0.3 is 21.3 Å². The van der Waals surface area contributed by atoms with Gasteiger partial charge in [0, 0.05) is 12.2 Å². The third kappa shape index (κ3) is 2.99. The molecule has 0 aliphatic rings. The minimum atomic E-state index is -0.307. The molecule has 1 aromatic rings. The highest BCUT2D eigenvalue weighted by Gasteiger charge is 2.04. The van der Waals surface area contributed by atoms with E-state index in [1.54, 1.807) is 0 Å². The second-order valence-electron chi connectivity index (χ2n) is 3.11. The highest BCUT2D eigenvalue weighted by Crippen LogP contribution is 2.10. The molecule has 5 N–H and O–H groups in total. The lowest BCUT2D eigenvalue weighted by Gasteiger charge is -2.14. The van der Waals surface area contributed by atoms with E-state index < -0.39 is 0 Å². The van der Waals surface area contributed by atoms with Crippen molar-refractivity contribution in [2.45, 2.75) is 12.6 Å². The highest BCUT2D eigenvalue weighted by molar-refractivity contribution is 5.45. The molecule has 0 aliphatic carbocycles. The molecule has 0 heterocycles. The molecule has 1 aromatic carbocycles. The Labute approximate surface area is 83.4 Å². The van der Waals surface area contributed by atoms with Gasteiger partial charge in [-0.2, -0.15) is 0 Å². The maximum Gasteiger partial charge on any atom is 0.0723 e. The Morgan fingerprint density at radius 1 is 1.14 bits per heavy atom. The van der Waals surface area contributed by atoms with Crippen LogP contribution < -0.4 is 11.1 Å². The second kappa shape index (κ2) is 5.59. The summed E-state index contributed by atoms with van der Waals surface area (Å²) in [6.45, 7) is 0.341. The summed E-state index contributed by atoms with van der Waals surface area (Å²) in [6, 6.07) is 7.27. The summed E-state index contributed by atoms with van der Waals surface area (Å²) < 4.78 is 0. The first kappa shape index (κ1) is 11.0. The SMILES string of the molecule is NCc1ccc(NC(CO)CO)cc1. The van der Waals surface area contributed by atoms with E-state index in [0.29, 0.717) is 6.54 Å². The maximum atomic E-state index is 8.85. The summed E-state index contributed by atoms with van der Waals surface area (Å²) in [4.78, 5) is 0. The second-order valence-corrected chi connectivity index (χ2v) is 3.11. The zero-order chi connectivity index (χ0) is 10.4. The quantitative estimate of drug-likeness (QED) is 0.531. The van der Waals surface area contributed by atoms with Gasteiger partial charge in [-0.15, -0.1) is 0 Å². The predicted molar refractivity (Wildman–Crippen MR) is 55.9 cm³/mol. The fraction of sp³-hybridized carbons (Fsp3) is 0.400. The van der Waals surface area contributed by atoms with Gasteiger partial charge in [0.05, 0.1) is 19.3 Å². The average Bonchev–Trinajstić information content (AvgIpc) is 2.26. The molecule has 14 heavy (non-hydrogen) atoms. The Balaban J connectivity index is 2.58. The molecule has 0 amide bonds. The minimum absolute atomic E-state index is 0.0882. The molecular formula is C10H16N2O2. The molecule has 0 aliphatic heterocycles. The Morgan fingerprint density at radius 3 is 2.14 bits per heavy atom. The Bertz CT molecular complexity index is 257. The summed E-state index contributed by atoms with van der Waals surface area (Å²) in [5.41, 5.74) is 7.38. The van der Waals surface area contributed by atoms with Crippen LogP contribution in [0.2, 0.25) is 0 Å². The number of hydrogen-bond donors (Lipinski definition) is 4. The minimum Gasteiger partial charge on any atom is -0.394 e. The molecule has 78 valence electrons. The number of nitrogens with two attached hydrogens (primary N) is 1. The molecule has 0 aromatic heterocycles. The monoisotopic (exact) mass is 196 g/mol. The van der Waals surface area contributed by atoms with Crippen molar-refractivity contribution in [3.8, 4) is 0 Å². The van der Waals surface area contributed by atoms with Gasteiger partial charge in [0.2, 0.25) is 0 Å². The summed E-state index contributed by atoms with van der Waals surface area (Å²) in [7, 11) is 0. The largest absolute Gasteiger partial charge is 0.394 e. The van der Waals surface area contributed by atoms with Gasteiger partial charge in [0.15, 0.2) is 0 Å². The van der Waals surface area contributed by atoms with E-state index in [1.165, 1.54) is 0 Å². The third-order valence-corrected chi connectivity index (χ3v) is 2.00. The van der Waals surface area contributed by atoms with Crippen LogP contribution >= 0.6 is 0 Å². The van der Waals surface area contributed by atoms with E-state index in [9.17, 15) is 0 Å². The molecule has 0 radical (unpaired) electrons. The van der Waals surface area contributed by atoms with Crippen molar-refractivity contribution < 1.29 is 10.2 Å². The Hall–Kier alpha value is -1.10. The predicted octanol–water partition coefficient (Wildman–Crippen LogP) is -0.0896. The molecule has 0 atom stereocenters. The van der Waals surface area contributed by atoms with Crippen molar-refractivity contribution >= 4 is 5.69 Å². The van der Waals surface area contributed by atoms with Gasteiger partial charge in [-0.05, 0) is 17.7 Å². The topological polar surface area (TPSA) is 78.5 Å². The van der Waals surface area contributed by atoms with Crippen molar-refractivity contribution in [1.29, 1.82) is 0 Å². The van der Waals surface area contributed by atoms with Crippen LogP contribution in [0.3, 0.4) is 0 Å². The number of hydrogen-bond acceptors (Lipinski definition) is 4. The first-order chi connectivity index (χ1) is 6.80. The number of rotatable bonds is 5. The van der Waals surface area contributed by atoms with E-state index in [4.69, 9.17) is 15.9 Å². The van der Waals surface area contributed by atoms with Crippen LogP contribution in [0.4, 0.5) is 5.69 Å². The molecule has 0 fully saturated rings. The Morgan fingerprint density at radius 2 is 1.71 bits per heavy atom. The lowest BCUT2D eigenvalue weighted by molar-refractivity contribution is 0.204. The fourth-order valence-electron chi connectivity index (χ4n) is 1.12. The van der Waals surface area contributed by atoms with Gasteiger partial charge in [-0.1, -0.05) is 12.1 Å². The molecule has 0 spiro atoms. The smallest absolute Gasteiger partial charge is 0.0723 e. The number of benzene rings is 1. The van der Waals surface area contributed by atoms with Crippen molar-refractivity contribution in [3.63, 3.8) is 0 Å². The molecule has 0 saturated carbocycles. The van der Waals surface area contributed by atoms with Gasteiger partial charge in [-0.25, -0.2) is 0 Å². The van der Waals surface area contributed by atoms with Crippen LogP contribution in [0.15, 0.2) is 24.3 Å². The van der Waals surface area contributed by atoms with Crippen molar-refractivity contribution in [2.75, 3.05) is 18.5 Å². The van der Waals surface area contributed by atoms with Gasteiger partial charge in [0.1, 0.15) is 0 Å². The van der Waals surface area contributed by atoms with Gasteiger partial charge in [-0.3, -0.25) is 0 Å². The molecule has 0 saturated heterocycles. The van der Waals surface area contributed by atoms with Crippen LogP contribution in [0.25, 0.3) is 0 Å². The van der Waals surface area contributed by atoms with Gasteiger partial charge in [0.25, 0.3) is 0 Å². The van der Waals surface area contributed by atoms with Crippen molar-refractivity contribution in [1.82, 2.24) is 0 Å². The van der Waals surface area contributed by atoms with E-state index in [-0.39, 0.29) is 19.3 Å². The average molecular weight is 196 g/mol. The van der Waals surface area contributed by atoms with Crippen LogP contribution in [-0.2, 0) is 6.54 Å². The third-order valence-electron chi connectivity index (χ3n) is 2.00. The normalized spacial score (nSPS) is 10.6. The maximum absolute atomic E-state index is 8.85. The standard InChI is InChI=1S/C10H16N2O2/c11-5-8-1-3-9(4-2-8)12-10(6-13)7-14/h1-4,10,12-14H,5-7,11H2. The van der Waals surface area contributed by atoms with E-state index in [1.807, 2.05) is 24.3 Å². The Kier molecular flexibility index (Phi) is 4.39. The molecule has 1 rings (SSSR count). The lowest BCUT2D eigenvalue weighted by atomic mass is 10.2. The van der Waals surface area contributed by atoms with E-state index in [2.05, 4.69) is 5.32 Å². The summed E-state index contributed by atoms with van der Waals surface area (Å²) >= 11 is 0.